The molecule has 0 spiro atoms. The van der Waals surface area contributed by atoms with E-state index in [0.717, 1.165) is 11.9 Å². The van der Waals surface area contributed by atoms with Crippen molar-refractivity contribution in [1.82, 2.24) is 9.78 Å². The Kier molecular flexibility index (Phi) is 10.6. The number of hydrazone groups is 1. The van der Waals surface area contributed by atoms with Gasteiger partial charge in [-0.05, 0) is 55.0 Å². The molecule has 0 aliphatic carbocycles. The molecular weight excluding hydrogens is 697 g/mol. The fourth-order valence-electron chi connectivity index (χ4n) is 4.32. The lowest BCUT2D eigenvalue weighted by Gasteiger charge is -2.15. The highest BCUT2D eigenvalue weighted by atomic mass is 32.2. The molecule has 1 aliphatic heterocycles. The SMILES string of the molecule is CC(=O)C1=NN(c2cc(SOOO)ccc2C)C(=O)\C1=C/C=C/C=C/c1c(C(C)=O)nn(-c2cc(S(=O)(=O)O)ccc2S(=O)(=O)O)c1O. The largest absolute Gasteiger partial charge is 0.493 e. The summed E-state index contributed by atoms with van der Waals surface area (Å²) in [5.41, 5.74) is -0.567. The van der Waals surface area contributed by atoms with Crippen LogP contribution in [-0.2, 0) is 39.2 Å². The molecule has 1 aliphatic rings. The fourth-order valence-corrected chi connectivity index (χ4v) is 5.87. The molecule has 1 amide bonds. The van der Waals surface area contributed by atoms with E-state index in [1.165, 1.54) is 43.4 Å². The topological polar surface area (TPSA) is 252 Å². The zero-order valence-corrected chi connectivity index (χ0v) is 27.3. The molecule has 0 atom stereocenters. The Bertz CT molecular complexity index is 2180. The Morgan fingerprint density at radius 1 is 0.938 bits per heavy atom. The maximum Gasteiger partial charge on any atom is 0.296 e. The number of hydrogen-bond acceptors (Lipinski definition) is 14. The Balaban J connectivity index is 1.69. The van der Waals surface area contributed by atoms with Gasteiger partial charge in [0.25, 0.3) is 26.1 Å². The summed E-state index contributed by atoms with van der Waals surface area (Å²) in [7, 11) is -9.88. The van der Waals surface area contributed by atoms with Crippen LogP contribution in [0.25, 0.3) is 11.8 Å². The minimum Gasteiger partial charge on any atom is -0.493 e. The minimum absolute atomic E-state index is 0.0592. The number of allylic oxidation sites excluding steroid dienone is 4. The molecule has 20 heteroatoms. The first-order valence-corrected chi connectivity index (χ1v) is 16.7. The highest BCUT2D eigenvalue weighted by molar-refractivity contribution is 7.94. The van der Waals surface area contributed by atoms with E-state index in [0.29, 0.717) is 51.1 Å². The number of hydrogen-bond donors (Lipinski definition) is 4. The Morgan fingerprint density at radius 2 is 1.65 bits per heavy atom. The summed E-state index contributed by atoms with van der Waals surface area (Å²) in [4.78, 5) is 36.8. The second-order valence-corrected chi connectivity index (χ2v) is 13.3. The first-order chi connectivity index (χ1) is 22.4. The highest BCUT2D eigenvalue weighted by Gasteiger charge is 2.34. The molecule has 0 bridgehead atoms. The van der Waals surface area contributed by atoms with Crippen molar-refractivity contribution in [3.8, 4) is 11.6 Å². The third-order valence-electron chi connectivity index (χ3n) is 6.49. The van der Waals surface area contributed by atoms with Crippen LogP contribution in [0.1, 0.15) is 35.5 Å². The van der Waals surface area contributed by atoms with Crippen LogP contribution < -0.4 is 5.01 Å². The van der Waals surface area contributed by atoms with Crippen LogP contribution in [0.2, 0.25) is 0 Å². The smallest absolute Gasteiger partial charge is 0.296 e. The van der Waals surface area contributed by atoms with Crippen molar-refractivity contribution >= 4 is 67.2 Å². The van der Waals surface area contributed by atoms with E-state index in [9.17, 15) is 45.4 Å². The van der Waals surface area contributed by atoms with Crippen LogP contribution in [0.5, 0.6) is 5.88 Å². The third kappa shape index (κ3) is 7.67. The van der Waals surface area contributed by atoms with E-state index in [-0.39, 0.29) is 22.5 Å². The first kappa shape index (κ1) is 36.0. The van der Waals surface area contributed by atoms with E-state index in [2.05, 4.69) is 19.6 Å². The van der Waals surface area contributed by atoms with Gasteiger partial charge < -0.3 is 5.11 Å². The second-order valence-electron chi connectivity index (χ2n) is 9.75. The van der Waals surface area contributed by atoms with Gasteiger partial charge in [0.1, 0.15) is 16.3 Å². The normalized spacial score (nSPS) is 14.9. The lowest BCUT2D eigenvalue weighted by atomic mass is 10.1. The number of ketones is 2. The number of nitrogens with zero attached hydrogens (tertiary/aromatic N) is 4. The van der Waals surface area contributed by atoms with Crippen molar-refractivity contribution in [2.45, 2.75) is 35.5 Å². The minimum atomic E-state index is -5.02. The number of rotatable bonds is 12. The molecule has 252 valence electrons. The molecule has 1 aromatic heterocycles. The number of aryl methyl sites for hydroxylation is 1. The van der Waals surface area contributed by atoms with Gasteiger partial charge in [0, 0.05) is 18.7 Å². The van der Waals surface area contributed by atoms with Gasteiger partial charge in [-0.1, -0.05) is 29.3 Å². The van der Waals surface area contributed by atoms with Crippen LogP contribution in [-0.4, -0.2) is 69.3 Å². The average molecular weight is 721 g/mol. The Hall–Kier alpha value is -4.80. The predicted molar refractivity (Wildman–Crippen MR) is 169 cm³/mol. The van der Waals surface area contributed by atoms with Gasteiger partial charge in [-0.15, -0.1) is 4.33 Å². The van der Waals surface area contributed by atoms with Crippen LogP contribution in [0.4, 0.5) is 5.69 Å². The summed E-state index contributed by atoms with van der Waals surface area (Å²) in [6, 6.07) is 6.80. The highest BCUT2D eigenvalue weighted by Crippen LogP contribution is 2.33. The summed E-state index contributed by atoms with van der Waals surface area (Å²) in [5.74, 6) is -2.67. The van der Waals surface area contributed by atoms with E-state index in [4.69, 9.17) is 5.26 Å². The van der Waals surface area contributed by atoms with E-state index in [1.54, 1.807) is 19.1 Å². The molecule has 0 unspecified atom stereocenters. The fraction of sp³-hybridized carbons (Fsp3) is 0.107. The molecule has 0 fully saturated rings. The molecule has 0 saturated heterocycles. The molecule has 48 heavy (non-hydrogen) atoms. The number of Topliss-reactive ketones (excluding diaryl/α,β-unsaturated/α-hetero) is 2. The number of carbonyl (C=O) groups is 3. The van der Waals surface area contributed by atoms with Gasteiger partial charge >= 0.3 is 0 Å². The maximum absolute atomic E-state index is 13.3. The maximum atomic E-state index is 13.3. The van der Waals surface area contributed by atoms with E-state index >= 15 is 0 Å². The van der Waals surface area contributed by atoms with Crippen LogP contribution in [0.3, 0.4) is 0 Å². The quantitative estimate of drug-likeness (QED) is 0.0397. The molecule has 3 aromatic rings. The van der Waals surface area contributed by atoms with Crippen LogP contribution in [0, 0.1) is 6.92 Å². The summed E-state index contributed by atoms with van der Waals surface area (Å²) in [5, 5.41) is 32.0. The summed E-state index contributed by atoms with van der Waals surface area (Å²) in [6.07, 6.45) is 6.52. The summed E-state index contributed by atoms with van der Waals surface area (Å²) >= 11 is 0.660. The monoisotopic (exact) mass is 720 g/mol. The Morgan fingerprint density at radius 3 is 2.25 bits per heavy atom. The van der Waals surface area contributed by atoms with Gasteiger partial charge in [0.15, 0.2) is 11.6 Å². The number of anilines is 1. The van der Waals surface area contributed by atoms with Gasteiger partial charge in [-0.3, -0.25) is 23.5 Å². The van der Waals surface area contributed by atoms with E-state index in [1.807, 2.05) is 0 Å². The summed E-state index contributed by atoms with van der Waals surface area (Å²) in [6.45, 7) is 4.02. The van der Waals surface area contributed by atoms with Gasteiger partial charge in [-0.25, -0.2) is 5.26 Å². The van der Waals surface area contributed by atoms with Gasteiger partial charge in [0.2, 0.25) is 5.88 Å². The number of amides is 1. The average Bonchev–Trinajstić information content (AvgIpc) is 3.51. The molecule has 2 heterocycles. The number of aromatic nitrogens is 2. The number of carbonyl (C=O) groups excluding carboxylic acids is 3. The van der Waals surface area contributed by atoms with Crippen molar-refractivity contribution in [3.05, 3.63) is 83.1 Å². The molecule has 4 N–H and O–H groups in total. The predicted octanol–water partition coefficient (Wildman–Crippen LogP) is 3.50. The molecule has 17 nitrogen and oxygen atoms in total. The first-order valence-electron chi connectivity index (χ1n) is 13.1. The zero-order valence-electron chi connectivity index (χ0n) is 24.8. The molecular formula is C28H24N4O13S3. The molecule has 4 rings (SSSR count). The lowest BCUT2D eigenvalue weighted by Crippen LogP contribution is -2.22. The van der Waals surface area contributed by atoms with Crippen molar-refractivity contribution in [1.29, 1.82) is 0 Å². The van der Waals surface area contributed by atoms with Gasteiger partial charge in [0.05, 0.1) is 39.4 Å². The standard InChI is InChI=1S/C28H24N4O13S3/c1-15-9-10-18(46-45-44-37)13-22(15)31-27(35)20(25(29-31)16(2)33)7-5-4-6-8-21-26(17(3)34)30-32(28(21)36)23-14-19(47(38,39)40)11-12-24(23)48(41,42)43/h4-14,36-37H,1-3H3,(H,38,39,40)(H,41,42,43)/b5-4+,8-6+,20-7-. The molecule has 0 radical (unpaired) electrons. The zero-order chi connectivity index (χ0) is 35.6. The van der Waals surface area contributed by atoms with Crippen molar-refractivity contribution < 1.29 is 60.1 Å². The van der Waals surface area contributed by atoms with Crippen molar-refractivity contribution in [2.75, 3.05) is 5.01 Å². The number of aromatic hydroxyl groups is 1. The van der Waals surface area contributed by atoms with Crippen molar-refractivity contribution in [3.63, 3.8) is 0 Å². The van der Waals surface area contributed by atoms with Crippen LogP contribution >= 0.6 is 12.0 Å². The van der Waals surface area contributed by atoms with Crippen molar-refractivity contribution in [2.24, 2.45) is 5.10 Å². The summed E-state index contributed by atoms with van der Waals surface area (Å²) < 4.78 is 71.4. The van der Waals surface area contributed by atoms with E-state index < -0.39 is 59.1 Å². The van der Waals surface area contributed by atoms with Crippen LogP contribution in [0.15, 0.2) is 86.1 Å². The number of benzene rings is 2. The third-order valence-corrected chi connectivity index (χ3v) is 8.82. The van der Waals surface area contributed by atoms with Gasteiger partial charge in [-0.2, -0.15) is 36.7 Å². The lowest BCUT2D eigenvalue weighted by molar-refractivity contribution is -0.432. The Labute approximate surface area is 276 Å². The molecule has 0 saturated carbocycles. The second kappa shape index (κ2) is 14.1. The molecule has 2 aromatic carbocycles.